The van der Waals surface area contributed by atoms with Crippen LogP contribution in [0.25, 0.3) is 0 Å². The van der Waals surface area contributed by atoms with Crippen molar-refractivity contribution >= 4 is 21.4 Å². The zero-order valence-electron chi connectivity index (χ0n) is 19.5. The fourth-order valence-corrected chi connectivity index (χ4v) is 5.96. The maximum atomic E-state index is 14.7. The molecule has 13 heteroatoms. The molecule has 3 rings (SSSR count). The van der Waals surface area contributed by atoms with Crippen molar-refractivity contribution in [3.63, 3.8) is 0 Å². The number of piperidine rings is 1. The van der Waals surface area contributed by atoms with Crippen LogP contribution in [0.2, 0.25) is 0 Å². The van der Waals surface area contributed by atoms with Gasteiger partial charge >= 0.3 is 12.4 Å². The minimum absolute atomic E-state index is 0.113. The highest BCUT2D eigenvalue weighted by molar-refractivity contribution is 7.91. The molecule has 1 fully saturated rings. The van der Waals surface area contributed by atoms with Gasteiger partial charge in [0.1, 0.15) is 0 Å². The first kappa shape index (κ1) is 28.5. The van der Waals surface area contributed by atoms with E-state index in [1.807, 2.05) is 0 Å². The second kappa shape index (κ2) is 10.7. The van der Waals surface area contributed by atoms with Crippen molar-refractivity contribution in [2.24, 2.45) is 5.73 Å². The maximum absolute atomic E-state index is 14.7. The summed E-state index contributed by atoms with van der Waals surface area (Å²) in [4.78, 5) is 11.5. The van der Waals surface area contributed by atoms with Crippen LogP contribution in [0.3, 0.4) is 0 Å². The van der Waals surface area contributed by atoms with Crippen LogP contribution >= 0.6 is 0 Å². The molecule has 1 aliphatic rings. The quantitative estimate of drug-likeness (QED) is 0.373. The number of carbonyl (C=O) groups excluding carboxylic acids is 1. The van der Waals surface area contributed by atoms with Crippen molar-refractivity contribution in [2.75, 3.05) is 23.7 Å². The molecule has 1 saturated heterocycles. The molecule has 2 aromatic rings. The topological polar surface area (TPSA) is 92.5 Å². The zero-order valence-corrected chi connectivity index (χ0v) is 20.3. The van der Waals surface area contributed by atoms with E-state index in [-0.39, 0.29) is 25.5 Å². The number of carbonyl (C=O) groups is 1. The highest BCUT2D eigenvalue weighted by Gasteiger charge is 2.49. The molecule has 0 atom stereocenters. The standard InChI is InChI=1S/C24H25F6N3O3S/c1-2-12-37(35,36)21-17(22(31)34)13-18(23(25,26)27)20(19(21)24(28,29)30)33(16-8-10-32-11-9-16)14-15-6-4-3-5-7-15/h2-7,13,16,32H,1,8-12,14H2,(H2,31,34). The minimum Gasteiger partial charge on any atom is -0.366 e. The highest BCUT2D eigenvalue weighted by Crippen LogP contribution is 2.50. The van der Waals surface area contributed by atoms with Crippen LogP contribution in [-0.2, 0) is 28.7 Å². The number of amides is 1. The number of halogens is 6. The molecule has 202 valence electrons. The van der Waals surface area contributed by atoms with Crippen LogP contribution < -0.4 is 16.0 Å². The van der Waals surface area contributed by atoms with Gasteiger partial charge in [0.2, 0.25) is 5.91 Å². The normalized spacial score (nSPS) is 15.4. The lowest BCUT2D eigenvalue weighted by Crippen LogP contribution is -2.45. The van der Waals surface area contributed by atoms with Crippen LogP contribution in [0.5, 0.6) is 0 Å². The Kier molecular flexibility index (Phi) is 8.27. The molecular weight excluding hydrogens is 524 g/mol. The smallest absolute Gasteiger partial charge is 0.366 e. The molecule has 1 aliphatic heterocycles. The van der Waals surface area contributed by atoms with Crippen LogP contribution in [0.4, 0.5) is 32.0 Å². The van der Waals surface area contributed by atoms with E-state index in [4.69, 9.17) is 5.73 Å². The van der Waals surface area contributed by atoms with Crippen molar-refractivity contribution in [3.05, 3.63) is 71.3 Å². The van der Waals surface area contributed by atoms with Gasteiger partial charge in [-0.2, -0.15) is 26.3 Å². The number of sulfone groups is 1. The second-order valence-corrected chi connectivity index (χ2v) is 10.5. The average Bonchev–Trinajstić information content (AvgIpc) is 2.81. The molecule has 0 aliphatic carbocycles. The van der Waals surface area contributed by atoms with Crippen LogP contribution in [0.15, 0.2) is 53.9 Å². The first-order valence-corrected chi connectivity index (χ1v) is 12.8. The number of primary amides is 1. The van der Waals surface area contributed by atoms with Gasteiger partial charge in [-0.05, 0) is 37.6 Å². The molecule has 2 aromatic carbocycles. The Labute approximate surface area is 210 Å². The zero-order chi connectivity index (χ0) is 27.6. The lowest BCUT2D eigenvalue weighted by molar-refractivity contribution is -0.143. The van der Waals surface area contributed by atoms with Crippen molar-refractivity contribution in [3.8, 4) is 0 Å². The van der Waals surface area contributed by atoms with Gasteiger partial charge in [0.05, 0.1) is 33.0 Å². The Morgan fingerprint density at radius 3 is 2.16 bits per heavy atom. The van der Waals surface area contributed by atoms with Crippen LogP contribution in [0.1, 0.15) is 39.9 Å². The third-order valence-corrected chi connectivity index (χ3v) is 7.71. The Morgan fingerprint density at radius 2 is 1.68 bits per heavy atom. The predicted octanol–water partition coefficient (Wildman–Crippen LogP) is 4.54. The molecule has 6 nitrogen and oxygen atoms in total. The SMILES string of the molecule is C=CCS(=O)(=O)c1c(C(N)=O)cc(C(F)(F)F)c(N(Cc2ccccc2)C2CCNCC2)c1C(F)(F)F. The van der Waals surface area contributed by atoms with E-state index in [1.54, 1.807) is 30.3 Å². The Balaban J connectivity index is 2.53. The number of nitrogens with one attached hydrogen (secondary N) is 1. The van der Waals surface area contributed by atoms with E-state index in [0.29, 0.717) is 18.7 Å². The highest BCUT2D eigenvalue weighted by atomic mass is 32.2. The Morgan fingerprint density at radius 1 is 1.08 bits per heavy atom. The number of anilines is 1. The number of rotatable bonds is 8. The lowest BCUT2D eigenvalue weighted by Gasteiger charge is -2.40. The fourth-order valence-electron chi connectivity index (χ4n) is 4.47. The van der Waals surface area contributed by atoms with Gasteiger partial charge in [0.25, 0.3) is 0 Å². The molecule has 3 N–H and O–H groups in total. The van der Waals surface area contributed by atoms with Crippen LogP contribution in [0, 0.1) is 0 Å². The summed E-state index contributed by atoms with van der Waals surface area (Å²) in [7, 11) is -4.97. The van der Waals surface area contributed by atoms with Crippen LogP contribution in [-0.4, -0.2) is 39.2 Å². The number of hydrogen-bond acceptors (Lipinski definition) is 5. The third kappa shape index (κ3) is 6.27. The Hall–Kier alpha value is -3.06. The summed E-state index contributed by atoms with van der Waals surface area (Å²) in [6.07, 6.45) is -9.78. The molecule has 1 heterocycles. The number of nitrogens with zero attached hydrogens (tertiary/aromatic N) is 1. The number of benzene rings is 2. The van der Waals surface area contributed by atoms with Gasteiger partial charge in [0.15, 0.2) is 9.84 Å². The van der Waals surface area contributed by atoms with Crippen molar-refractivity contribution in [2.45, 2.75) is 42.7 Å². The summed E-state index contributed by atoms with van der Waals surface area (Å²) in [6, 6.07) is 7.22. The van der Waals surface area contributed by atoms with E-state index >= 15 is 0 Å². The van der Waals surface area contributed by atoms with E-state index in [2.05, 4.69) is 11.9 Å². The molecule has 0 bridgehead atoms. The molecule has 0 spiro atoms. The summed E-state index contributed by atoms with van der Waals surface area (Å²) in [5, 5.41) is 3.01. The molecule has 0 radical (unpaired) electrons. The molecule has 0 aromatic heterocycles. The van der Waals surface area contributed by atoms with Crippen molar-refractivity contribution in [1.29, 1.82) is 0 Å². The van der Waals surface area contributed by atoms with E-state index in [1.165, 1.54) is 0 Å². The number of nitrogens with two attached hydrogens (primary N) is 1. The predicted molar refractivity (Wildman–Crippen MR) is 126 cm³/mol. The largest absolute Gasteiger partial charge is 0.419 e. The van der Waals surface area contributed by atoms with E-state index < -0.39 is 67.2 Å². The first-order valence-electron chi connectivity index (χ1n) is 11.2. The van der Waals surface area contributed by atoms with Gasteiger partial charge in [-0.25, -0.2) is 8.42 Å². The molecular formula is C24H25F6N3O3S. The number of hydrogen-bond donors (Lipinski definition) is 2. The average molecular weight is 550 g/mol. The summed E-state index contributed by atoms with van der Waals surface area (Å²) in [5.74, 6) is -2.78. The van der Waals surface area contributed by atoms with Crippen molar-refractivity contribution < 1.29 is 39.6 Å². The Bertz CT molecular complexity index is 1260. The van der Waals surface area contributed by atoms with Gasteiger partial charge in [-0.1, -0.05) is 36.4 Å². The molecule has 37 heavy (non-hydrogen) atoms. The monoisotopic (exact) mass is 549 g/mol. The van der Waals surface area contributed by atoms with Gasteiger partial charge < -0.3 is 16.0 Å². The van der Waals surface area contributed by atoms with Gasteiger partial charge in [0, 0.05) is 12.6 Å². The summed E-state index contributed by atoms with van der Waals surface area (Å²) < 4.78 is 113. The van der Waals surface area contributed by atoms with Gasteiger partial charge in [-0.3, -0.25) is 4.79 Å². The fraction of sp³-hybridized carbons (Fsp3) is 0.375. The van der Waals surface area contributed by atoms with E-state index in [0.717, 1.165) is 11.0 Å². The number of alkyl halides is 6. The first-order chi connectivity index (χ1) is 17.2. The molecule has 1 amide bonds. The van der Waals surface area contributed by atoms with Gasteiger partial charge in [-0.15, -0.1) is 6.58 Å². The second-order valence-electron chi connectivity index (χ2n) is 8.55. The lowest BCUT2D eigenvalue weighted by atomic mass is 9.95. The minimum atomic E-state index is -5.59. The van der Waals surface area contributed by atoms with Crippen molar-refractivity contribution in [1.82, 2.24) is 5.32 Å². The third-order valence-electron chi connectivity index (χ3n) is 5.99. The summed E-state index contributed by atoms with van der Waals surface area (Å²) in [5.41, 5.74) is -1.02. The molecule has 0 unspecified atom stereocenters. The molecule has 0 saturated carbocycles. The van der Waals surface area contributed by atoms with E-state index in [9.17, 15) is 39.6 Å². The maximum Gasteiger partial charge on any atom is 0.419 e. The summed E-state index contributed by atoms with van der Waals surface area (Å²) in [6.45, 7) is 3.51. The summed E-state index contributed by atoms with van der Waals surface area (Å²) >= 11 is 0.